The molecule has 6 nitrogen and oxygen atoms in total. The van der Waals surface area contributed by atoms with Crippen LogP contribution < -0.4 is 20.7 Å². The van der Waals surface area contributed by atoms with Crippen molar-refractivity contribution in [3.63, 3.8) is 0 Å². The molecule has 0 spiro atoms. The van der Waals surface area contributed by atoms with Crippen molar-refractivity contribution in [2.45, 2.75) is 19.3 Å². The number of amides is 2. The molecule has 1 aliphatic rings. The summed E-state index contributed by atoms with van der Waals surface area (Å²) < 4.78 is 5.31. The van der Waals surface area contributed by atoms with Gasteiger partial charge in [-0.25, -0.2) is 0 Å². The van der Waals surface area contributed by atoms with Gasteiger partial charge in [0, 0.05) is 6.54 Å². The van der Waals surface area contributed by atoms with Crippen LogP contribution in [0.2, 0.25) is 0 Å². The molecule has 126 valence electrons. The molecular formula is C17H25N3O3. The molecule has 1 saturated heterocycles. The Hall–Kier alpha value is -2.08. The molecule has 23 heavy (non-hydrogen) atoms. The number of carbonyl (C=O) groups excluding carboxylic acids is 2. The predicted molar refractivity (Wildman–Crippen MR) is 88.2 cm³/mol. The fraction of sp³-hybridized carbons (Fsp3) is 0.529. The second-order valence-corrected chi connectivity index (χ2v) is 5.73. The average molecular weight is 319 g/mol. The minimum absolute atomic E-state index is 0.0140. The Bertz CT molecular complexity index is 487. The number of hydrogen-bond donors (Lipinski definition) is 3. The Balaban J connectivity index is 1.52. The summed E-state index contributed by atoms with van der Waals surface area (Å²) in [5.74, 6) is 0.799. The van der Waals surface area contributed by atoms with Crippen LogP contribution in [0.3, 0.4) is 0 Å². The van der Waals surface area contributed by atoms with Crippen molar-refractivity contribution in [1.82, 2.24) is 16.0 Å². The first-order valence-corrected chi connectivity index (χ1v) is 8.16. The van der Waals surface area contributed by atoms with Crippen LogP contribution in [0.25, 0.3) is 0 Å². The second kappa shape index (κ2) is 9.84. The summed E-state index contributed by atoms with van der Waals surface area (Å²) in [5.41, 5.74) is 0. The van der Waals surface area contributed by atoms with E-state index in [0.717, 1.165) is 19.5 Å². The first-order chi connectivity index (χ1) is 11.2. The van der Waals surface area contributed by atoms with Gasteiger partial charge in [0.1, 0.15) is 5.75 Å². The van der Waals surface area contributed by atoms with E-state index in [2.05, 4.69) is 16.0 Å². The maximum Gasteiger partial charge on any atom is 0.258 e. The van der Waals surface area contributed by atoms with Crippen LogP contribution >= 0.6 is 0 Å². The molecule has 1 aromatic rings. The number of para-hydroxylation sites is 1. The van der Waals surface area contributed by atoms with Gasteiger partial charge >= 0.3 is 0 Å². The SMILES string of the molecule is O=C(CNC(=O)COc1ccccc1)NCCC1CCCNC1. The Morgan fingerprint density at radius 3 is 2.74 bits per heavy atom. The molecule has 0 aromatic heterocycles. The van der Waals surface area contributed by atoms with Gasteiger partial charge in [-0.05, 0) is 50.4 Å². The largest absolute Gasteiger partial charge is 0.484 e. The third-order valence-electron chi connectivity index (χ3n) is 3.83. The Morgan fingerprint density at radius 1 is 1.17 bits per heavy atom. The fourth-order valence-corrected chi connectivity index (χ4v) is 2.54. The monoisotopic (exact) mass is 319 g/mol. The third-order valence-corrected chi connectivity index (χ3v) is 3.83. The number of benzene rings is 1. The van der Waals surface area contributed by atoms with Gasteiger partial charge in [-0.2, -0.15) is 0 Å². The van der Waals surface area contributed by atoms with Crippen LogP contribution in [0.4, 0.5) is 0 Å². The van der Waals surface area contributed by atoms with Crippen LogP contribution in [0.15, 0.2) is 30.3 Å². The molecule has 0 radical (unpaired) electrons. The van der Waals surface area contributed by atoms with E-state index in [4.69, 9.17) is 4.74 Å². The highest BCUT2D eigenvalue weighted by Gasteiger charge is 2.13. The van der Waals surface area contributed by atoms with E-state index in [1.54, 1.807) is 12.1 Å². The van der Waals surface area contributed by atoms with E-state index >= 15 is 0 Å². The molecule has 1 aromatic carbocycles. The molecule has 0 aliphatic carbocycles. The molecule has 0 saturated carbocycles. The number of nitrogens with one attached hydrogen (secondary N) is 3. The van der Waals surface area contributed by atoms with Gasteiger partial charge in [0.05, 0.1) is 6.54 Å². The molecule has 1 fully saturated rings. The van der Waals surface area contributed by atoms with Gasteiger partial charge < -0.3 is 20.7 Å². The fourth-order valence-electron chi connectivity index (χ4n) is 2.54. The van der Waals surface area contributed by atoms with Gasteiger partial charge in [0.2, 0.25) is 5.91 Å². The lowest BCUT2D eigenvalue weighted by molar-refractivity contribution is -0.127. The molecule has 2 rings (SSSR count). The minimum Gasteiger partial charge on any atom is -0.484 e. The number of piperidine rings is 1. The molecule has 1 aliphatic heterocycles. The van der Waals surface area contributed by atoms with E-state index in [1.807, 2.05) is 18.2 Å². The smallest absolute Gasteiger partial charge is 0.258 e. The summed E-state index contributed by atoms with van der Waals surface area (Å²) in [5, 5.41) is 8.75. The Morgan fingerprint density at radius 2 is 2.00 bits per heavy atom. The lowest BCUT2D eigenvalue weighted by Gasteiger charge is -2.22. The average Bonchev–Trinajstić information content (AvgIpc) is 2.60. The molecule has 1 heterocycles. The van der Waals surface area contributed by atoms with E-state index in [1.165, 1.54) is 12.8 Å². The lowest BCUT2D eigenvalue weighted by atomic mass is 9.96. The summed E-state index contributed by atoms with van der Waals surface area (Å²) in [6, 6.07) is 9.10. The van der Waals surface area contributed by atoms with Gasteiger partial charge in [0.25, 0.3) is 5.91 Å². The topological polar surface area (TPSA) is 79.5 Å². The van der Waals surface area contributed by atoms with E-state index in [0.29, 0.717) is 18.2 Å². The molecular weight excluding hydrogens is 294 g/mol. The van der Waals surface area contributed by atoms with Crippen LogP contribution in [0.5, 0.6) is 5.75 Å². The van der Waals surface area contributed by atoms with Gasteiger partial charge in [-0.3, -0.25) is 9.59 Å². The quantitative estimate of drug-likeness (QED) is 0.659. The molecule has 1 unspecified atom stereocenters. The predicted octanol–water partition coefficient (Wildman–Crippen LogP) is 0.687. The van der Waals surface area contributed by atoms with E-state index < -0.39 is 0 Å². The normalized spacial score (nSPS) is 17.3. The lowest BCUT2D eigenvalue weighted by Crippen LogP contribution is -2.40. The van der Waals surface area contributed by atoms with Gasteiger partial charge in [-0.15, -0.1) is 0 Å². The molecule has 3 N–H and O–H groups in total. The van der Waals surface area contributed by atoms with Crippen LogP contribution in [-0.4, -0.2) is 44.6 Å². The first kappa shape index (κ1) is 17.3. The molecule has 2 amide bonds. The zero-order chi connectivity index (χ0) is 16.3. The minimum atomic E-state index is -0.305. The zero-order valence-electron chi connectivity index (χ0n) is 13.3. The maximum atomic E-state index is 11.7. The van der Waals surface area contributed by atoms with E-state index in [9.17, 15) is 9.59 Å². The second-order valence-electron chi connectivity index (χ2n) is 5.73. The number of carbonyl (C=O) groups is 2. The Kier molecular flexibility index (Phi) is 7.39. The summed E-state index contributed by atoms with van der Waals surface area (Å²) in [6.07, 6.45) is 3.40. The highest BCUT2D eigenvalue weighted by Crippen LogP contribution is 2.12. The van der Waals surface area contributed by atoms with Crippen LogP contribution in [0.1, 0.15) is 19.3 Å². The van der Waals surface area contributed by atoms with Crippen molar-refractivity contribution in [3.05, 3.63) is 30.3 Å². The summed E-state index contributed by atoms with van der Waals surface area (Å²) in [4.78, 5) is 23.3. The Labute approximate surface area is 137 Å². The maximum absolute atomic E-state index is 11.7. The van der Waals surface area contributed by atoms with Crippen molar-refractivity contribution < 1.29 is 14.3 Å². The van der Waals surface area contributed by atoms with Gasteiger partial charge in [0.15, 0.2) is 6.61 Å². The number of ether oxygens (including phenoxy) is 1. The van der Waals surface area contributed by atoms with Gasteiger partial charge in [-0.1, -0.05) is 18.2 Å². The van der Waals surface area contributed by atoms with Crippen molar-refractivity contribution in [2.75, 3.05) is 32.8 Å². The summed E-state index contributed by atoms with van der Waals surface area (Å²) in [6.45, 7) is 2.68. The van der Waals surface area contributed by atoms with Crippen LogP contribution in [0, 0.1) is 5.92 Å². The third kappa shape index (κ3) is 7.15. The first-order valence-electron chi connectivity index (χ1n) is 8.16. The standard InChI is InChI=1S/C17H25N3O3/c21-16(19-10-8-14-5-4-9-18-11-14)12-20-17(22)13-23-15-6-2-1-3-7-15/h1-3,6-7,14,18H,4-5,8-13H2,(H,19,21)(H,20,22). The summed E-state index contributed by atoms with van der Waals surface area (Å²) >= 11 is 0. The highest BCUT2D eigenvalue weighted by atomic mass is 16.5. The van der Waals surface area contributed by atoms with Crippen LogP contribution in [-0.2, 0) is 9.59 Å². The molecule has 1 atom stereocenters. The van der Waals surface area contributed by atoms with Crippen molar-refractivity contribution >= 4 is 11.8 Å². The number of hydrogen-bond acceptors (Lipinski definition) is 4. The zero-order valence-corrected chi connectivity index (χ0v) is 13.3. The highest BCUT2D eigenvalue weighted by molar-refractivity contribution is 5.85. The number of rotatable bonds is 8. The molecule has 6 heteroatoms. The van der Waals surface area contributed by atoms with E-state index in [-0.39, 0.29) is 25.0 Å². The van der Waals surface area contributed by atoms with Crippen molar-refractivity contribution in [1.29, 1.82) is 0 Å². The molecule has 0 bridgehead atoms. The van der Waals surface area contributed by atoms with Crippen molar-refractivity contribution in [2.24, 2.45) is 5.92 Å². The summed E-state index contributed by atoms with van der Waals surface area (Å²) in [7, 11) is 0. The van der Waals surface area contributed by atoms with Crippen molar-refractivity contribution in [3.8, 4) is 5.75 Å².